The monoisotopic (exact) mass is 288 g/mol. The van der Waals surface area contributed by atoms with Crippen molar-refractivity contribution in [2.75, 3.05) is 11.5 Å². The van der Waals surface area contributed by atoms with Crippen LogP contribution in [0.2, 0.25) is 0 Å². The van der Waals surface area contributed by atoms with Crippen LogP contribution < -0.4 is 0 Å². The average molecular weight is 288 g/mol. The second-order valence-corrected chi connectivity index (χ2v) is 7.05. The summed E-state index contributed by atoms with van der Waals surface area (Å²) in [5.74, 6) is 0.298. The van der Waals surface area contributed by atoms with Crippen LogP contribution in [0, 0.1) is 5.92 Å². The molecule has 0 bridgehead atoms. The van der Waals surface area contributed by atoms with Crippen molar-refractivity contribution in [2.45, 2.75) is 32.1 Å². The summed E-state index contributed by atoms with van der Waals surface area (Å²) >= 11 is 0. The molecule has 8 heteroatoms. The summed E-state index contributed by atoms with van der Waals surface area (Å²) in [6.07, 6.45) is 2.13. The summed E-state index contributed by atoms with van der Waals surface area (Å²) < 4.78 is 27.9. The van der Waals surface area contributed by atoms with Crippen LogP contribution in [0.25, 0.3) is 0 Å². The first-order chi connectivity index (χ1) is 8.94. The van der Waals surface area contributed by atoms with E-state index >= 15 is 0 Å². The van der Waals surface area contributed by atoms with Crippen LogP contribution in [0.4, 0.5) is 0 Å². The third-order valence-electron chi connectivity index (χ3n) is 3.09. The van der Waals surface area contributed by atoms with Gasteiger partial charge in [0.05, 0.1) is 17.9 Å². The number of carboxylic acid groups (broad SMARTS) is 1. The molecule has 0 spiro atoms. The van der Waals surface area contributed by atoms with Crippen molar-refractivity contribution in [3.8, 4) is 0 Å². The van der Waals surface area contributed by atoms with Gasteiger partial charge in [0.25, 0.3) is 0 Å². The standard InChI is InChI=1S/C11H16N2O5S/c14-11(15)4-3-10-12-9(13-18-10)6-8-2-1-5-19(16,17)7-8/h8H,1-7H2,(H,14,15). The van der Waals surface area contributed by atoms with Crippen LogP contribution in [0.3, 0.4) is 0 Å². The van der Waals surface area contributed by atoms with E-state index in [-0.39, 0.29) is 36.2 Å². The Morgan fingerprint density at radius 3 is 2.95 bits per heavy atom. The predicted molar refractivity (Wildman–Crippen MR) is 65.3 cm³/mol. The van der Waals surface area contributed by atoms with E-state index in [2.05, 4.69) is 10.1 Å². The summed E-state index contributed by atoms with van der Waals surface area (Å²) in [5, 5.41) is 12.3. The summed E-state index contributed by atoms with van der Waals surface area (Å²) in [4.78, 5) is 14.5. The van der Waals surface area contributed by atoms with E-state index < -0.39 is 15.8 Å². The second-order valence-electron chi connectivity index (χ2n) is 4.82. The fourth-order valence-electron chi connectivity index (χ4n) is 2.23. The second kappa shape index (κ2) is 5.68. The number of aromatic nitrogens is 2. The Labute approximate surface area is 110 Å². The molecule has 19 heavy (non-hydrogen) atoms. The number of aryl methyl sites for hydroxylation is 1. The average Bonchev–Trinajstić information content (AvgIpc) is 2.73. The molecular weight excluding hydrogens is 272 g/mol. The van der Waals surface area contributed by atoms with Crippen molar-refractivity contribution in [2.24, 2.45) is 5.92 Å². The topological polar surface area (TPSA) is 110 Å². The molecule has 1 aromatic rings. The maximum absolute atomic E-state index is 11.5. The lowest BCUT2D eigenvalue weighted by Gasteiger charge is -2.20. The molecule has 1 N–H and O–H groups in total. The van der Waals surface area contributed by atoms with Gasteiger partial charge in [0.15, 0.2) is 15.7 Å². The van der Waals surface area contributed by atoms with Crippen molar-refractivity contribution in [3.05, 3.63) is 11.7 Å². The Hall–Kier alpha value is -1.44. The Balaban J connectivity index is 1.91. The van der Waals surface area contributed by atoms with Crippen LogP contribution in [0.5, 0.6) is 0 Å². The number of rotatable bonds is 5. The van der Waals surface area contributed by atoms with Crippen LogP contribution in [-0.2, 0) is 27.5 Å². The zero-order valence-electron chi connectivity index (χ0n) is 10.4. The van der Waals surface area contributed by atoms with Crippen LogP contribution in [0.1, 0.15) is 31.0 Å². The summed E-state index contributed by atoms with van der Waals surface area (Å²) in [6, 6.07) is 0. The van der Waals surface area contributed by atoms with E-state index in [1.165, 1.54) is 0 Å². The van der Waals surface area contributed by atoms with Crippen molar-refractivity contribution >= 4 is 15.8 Å². The quantitative estimate of drug-likeness (QED) is 0.837. The van der Waals surface area contributed by atoms with Gasteiger partial charge >= 0.3 is 5.97 Å². The highest BCUT2D eigenvalue weighted by molar-refractivity contribution is 7.91. The van der Waals surface area contributed by atoms with E-state index in [0.29, 0.717) is 18.7 Å². The number of sulfone groups is 1. The first kappa shape index (κ1) is 14.0. The molecule has 1 fully saturated rings. The molecule has 1 aliphatic rings. The highest BCUT2D eigenvalue weighted by Crippen LogP contribution is 2.21. The van der Waals surface area contributed by atoms with E-state index in [9.17, 15) is 13.2 Å². The SMILES string of the molecule is O=C(O)CCc1nc(CC2CCCS(=O)(=O)C2)no1. The lowest BCUT2D eigenvalue weighted by atomic mass is 10.0. The first-order valence-corrected chi connectivity index (χ1v) is 8.00. The molecule has 1 aliphatic heterocycles. The van der Waals surface area contributed by atoms with Crippen molar-refractivity contribution in [1.82, 2.24) is 10.1 Å². The molecule has 0 radical (unpaired) electrons. The summed E-state index contributed by atoms with van der Waals surface area (Å²) in [6.45, 7) is 0. The normalized spacial score (nSPS) is 22.2. The maximum Gasteiger partial charge on any atom is 0.303 e. The molecule has 1 saturated heterocycles. The zero-order valence-corrected chi connectivity index (χ0v) is 11.2. The fourth-order valence-corrected chi connectivity index (χ4v) is 4.00. The van der Waals surface area contributed by atoms with E-state index in [4.69, 9.17) is 9.63 Å². The molecule has 1 aromatic heterocycles. The van der Waals surface area contributed by atoms with Gasteiger partial charge < -0.3 is 9.63 Å². The van der Waals surface area contributed by atoms with E-state index in [1.807, 2.05) is 0 Å². The minimum Gasteiger partial charge on any atom is -0.481 e. The van der Waals surface area contributed by atoms with Crippen molar-refractivity contribution < 1.29 is 22.8 Å². The van der Waals surface area contributed by atoms with Gasteiger partial charge in [-0.2, -0.15) is 4.98 Å². The van der Waals surface area contributed by atoms with Gasteiger partial charge in [-0.25, -0.2) is 8.42 Å². The molecule has 0 amide bonds. The highest BCUT2D eigenvalue weighted by Gasteiger charge is 2.26. The van der Waals surface area contributed by atoms with Gasteiger partial charge in [-0.05, 0) is 18.8 Å². The smallest absolute Gasteiger partial charge is 0.303 e. The number of aliphatic carboxylic acids is 1. The molecule has 0 aromatic carbocycles. The minimum atomic E-state index is -2.93. The van der Waals surface area contributed by atoms with Gasteiger partial charge in [-0.15, -0.1) is 0 Å². The molecule has 7 nitrogen and oxygen atoms in total. The Kier molecular flexibility index (Phi) is 4.18. The van der Waals surface area contributed by atoms with Gasteiger partial charge in [0, 0.05) is 12.8 Å². The van der Waals surface area contributed by atoms with Crippen LogP contribution >= 0.6 is 0 Å². The third kappa shape index (κ3) is 4.30. The molecule has 106 valence electrons. The number of nitrogens with zero attached hydrogens (tertiary/aromatic N) is 2. The zero-order chi connectivity index (χ0) is 13.9. The molecule has 1 unspecified atom stereocenters. The lowest BCUT2D eigenvalue weighted by Crippen LogP contribution is -2.26. The van der Waals surface area contributed by atoms with Gasteiger partial charge in [-0.1, -0.05) is 5.16 Å². The Bertz CT molecular complexity index is 551. The number of carboxylic acids is 1. The van der Waals surface area contributed by atoms with E-state index in [1.54, 1.807) is 0 Å². The first-order valence-electron chi connectivity index (χ1n) is 6.18. The Morgan fingerprint density at radius 1 is 1.47 bits per heavy atom. The number of hydrogen-bond donors (Lipinski definition) is 1. The largest absolute Gasteiger partial charge is 0.481 e. The molecule has 1 atom stereocenters. The molecular formula is C11H16N2O5S. The maximum atomic E-state index is 11.5. The third-order valence-corrected chi connectivity index (χ3v) is 4.98. The fraction of sp³-hybridized carbons (Fsp3) is 0.727. The van der Waals surface area contributed by atoms with Crippen LogP contribution in [0.15, 0.2) is 4.52 Å². The minimum absolute atomic E-state index is 0.0312. The summed E-state index contributed by atoms with van der Waals surface area (Å²) in [5.41, 5.74) is 0. The van der Waals surface area contributed by atoms with Gasteiger partial charge in [-0.3, -0.25) is 4.79 Å². The summed E-state index contributed by atoms with van der Waals surface area (Å²) in [7, 11) is -2.93. The van der Waals surface area contributed by atoms with Gasteiger partial charge in [0.2, 0.25) is 5.89 Å². The molecule has 2 heterocycles. The highest BCUT2D eigenvalue weighted by atomic mass is 32.2. The molecule has 0 saturated carbocycles. The predicted octanol–water partition coefficient (Wildman–Crippen LogP) is 0.454. The van der Waals surface area contributed by atoms with Crippen molar-refractivity contribution in [3.63, 3.8) is 0 Å². The molecule has 0 aliphatic carbocycles. The van der Waals surface area contributed by atoms with Crippen LogP contribution in [-0.4, -0.2) is 41.1 Å². The Morgan fingerprint density at radius 2 is 2.26 bits per heavy atom. The van der Waals surface area contributed by atoms with Crippen molar-refractivity contribution in [1.29, 1.82) is 0 Å². The number of carbonyl (C=O) groups is 1. The van der Waals surface area contributed by atoms with Gasteiger partial charge in [0.1, 0.15) is 0 Å². The lowest BCUT2D eigenvalue weighted by molar-refractivity contribution is -0.137. The van der Waals surface area contributed by atoms with E-state index in [0.717, 1.165) is 6.42 Å². The molecule has 2 rings (SSSR count). The number of hydrogen-bond acceptors (Lipinski definition) is 6.